The highest BCUT2D eigenvalue weighted by molar-refractivity contribution is 6.64. The van der Waals surface area contributed by atoms with Crippen LogP contribution in [0.25, 0.3) is 0 Å². The molecule has 21 heavy (non-hydrogen) atoms. The number of anilines is 2. The Labute approximate surface area is 128 Å². The highest BCUT2D eigenvalue weighted by Crippen LogP contribution is 2.27. The van der Waals surface area contributed by atoms with Crippen LogP contribution in [0.5, 0.6) is 0 Å². The molecule has 5 nitrogen and oxygen atoms in total. The third-order valence-electron chi connectivity index (χ3n) is 3.42. The van der Waals surface area contributed by atoms with Gasteiger partial charge in [0.1, 0.15) is 0 Å². The molecule has 2 rings (SSSR count). The van der Waals surface area contributed by atoms with E-state index in [0.717, 1.165) is 0 Å². The topological polar surface area (TPSA) is 66.5 Å². The highest BCUT2D eigenvalue weighted by Gasteiger charge is 2.34. The van der Waals surface area contributed by atoms with E-state index in [2.05, 4.69) is 5.32 Å². The average molecular weight is 309 g/mol. The zero-order valence-corrected chi connectivity index (χ0v) is 12.7. The molecule has 2 amide bonds. The molecule has 0 bridgehead atoms. The monoisotopic (exact) mass is 308 g/mol. The molecule has 0 spiro atoms. The number of benzene rings is 1. The number of nitrogens with one attached hydrogen (secondary N) is 1. The van der Waals surface area contributed by atoms with Gasteiger partial charge in [-0.1, -0.05) is 13.8 Å². The van der Waals surface area contributed by atoms with Gasteiger partial charge in [-0.15, -0.1) is 0 Å². The van der Waals surface area contributed by atoms with Crippen molar-refractivity contribution in [1.82, 2.24) is 0 Å². The van der Waals surface area contributed by atoms with Gasteiger partial charge in [0.25, 0.3) is 0 Å². The van der Waals surface area contributed by atoms with Gasteiger partial charge < -0.3 is 10.2 Å². The summed E-state index contributed by atoms with van der Waals surface area (Å²) in [6.45, 7) is 3.94. The Morgan fingerprint density at radius 1 is 1.29 bits per heavy atom. The fourth-order valence-electron chi connectivity index (χ4n) is 2.12. The van der Waals surface area contributed by atoms with Crippen LogP contribution in [0.15, 0.2) is 24.3 Å². The molecule has 1 saturated heterocycles. The number of nitrogens with zero attached hydrogens (tertiary/aromatic N) is 1. The van der Waals surface area contributed by atoms with Crippen LogP contribution in [-0.4, -0.2) is 23.6 Å². The maximum absolute atomic E-state index is 11.9. The molecular formula is C15H17ClN2O3. The van der Waals surface area contributed by atoms with Gasteiger partial charge in [0, 0.05) is 30.3 Å². The number of halogens is 1. The Balaban J connectivity index is 2.07. The van der Waals surface area contributed by atoms with Crippen molar-refractivity contribution in [3.8, 4) is 0 Å². The molecule has 1 heterocycles. The van der Waals surface area contributed by atoms with Crippen LogP contribution in [0.2, 0.25) is 0 Å². The average Bonchev–Trinajstić information content (AvgIpc) is 2.82. The number of carbonyl (C=O) groups excluding carboxylic acids is 3. The molecule has 1 aromatic rings. The summed E-state index contributed by atoms with van der Waals surface area (Å²) >= 11 is 5.45. The Morgan fingerprint density at radius 2 is 1.90 bits per heavy atom. The molecule has 1 fully saturated rings. The van der Waals surface area contributed by atoms with Crippen molar-refractivity contribution in [1.29, 1.82) is 0 Å². The van der Waals surface area contributed by atoms with Crippen LogP contribution < -0.4 is 10.2 Å². The summed E-state index contributed by atoms with van der Waals surface area (Å²) < 4.78 is 0. The summed E-state index contributed by atoms with van der Waals surface area (Å²) in [6, 6.07) is 6.96. The molecule has 1 aliphatic heterocycles. The maximum atomic E-state index is 11.9. The summed E-state index contributed by atoms with van der Waals surface area (Å²) in [5.41, 5.74) is 1.37. The van der Waals surface area contributed by atoms with E-state index in [1.165, 1.54) is 0 Å². The lowest BCUT2D eigenvalue weighted by molar-refractivity contribution is -0.120. The molecule has 1 aliphatic rings. The molecule has 0 aromatic heterocycles. The molecule has 0 aliphatic carbocycles. The lowest BCUT2D eigenvalue weighted by Crippen LogP contribution is -2.25. The van der Waals surface area contributed by atoms with E-state index in [-0.39, 0.29) is 24.2 Å². The molecule has 1 unspecified atom stereocenters. The second kappa shape index (κ2) is 6.26. The fraction of sp³-hybridized carbons (Fsp3) is 0.400. The largest absolute Gasteiger partial charge is 0.326 e. The second-order valence-corrected chi connectivity index (χ2v) is 5.77. The second-order valence-electron chi connectivity index (χ2n) is 5.40. The van der Waals surface area contributed by atoms with Crippen molar-refractivity contribution in [3.05, 3.63) is 24.3 Å². The van der Waals surface area contributed by atoms with E-state index < -0.39 is 11.2 Å². The van der Waals surface area contributed by atoms with Crippen LogP contribution in [0.1, 0.15) is 20.3 Å². The molecule has 6 heteroatoms. The fourth-order valence-corrected chi connectivity index (χ4v) is 2.27. The van der Waals surface area contributed by atoms with Gasteiger partial charge in [0.2, 0.25) is 17.1 Å². The number of carbonyl (C=O) groups is 3. The third-order valence-corrected chi connectivity index (χ3v) is 3.73. The van der Waals surface area contributed by atoms with E-state index in [0.29, 0.717) is 17.9 Å². The lowest BCUT2D eigenvalue weighted by atomic mass is 10.1. The number of rotatable bonds is 4. The SMILES string of the molecule is CC(C)C(=O)Nc1ccc(N2CC(C(=O)Cl)CC2=O)cc1. The summed E-state index contributed by atoms with van der Waals surface area (Å²) in [5.74, 6) is -0.722. The number of hydrogen-bond acceptors (Lipinski definition) is 3. The van der Waals surface area contributed by atoms with Gasteiger partial charge in [-0.2, -0.15) is 0 Å². The standard InChI is InChI=1S/C15H17ClN2O3/c1-9(2)15(21)17-11-3-5-12(6-4-11)18-8-10(14(16)20)7-13(18)19/h3-6,9-10H,7-8H2,1-2H3,(H,17,21). The summed E-state index contributed by atoms with van der Waals surface area (Å²) in [7, 11) is 0. The molecular weight excluding hydrogens is 292 g/mol. The van der Waals surface area contributed by atoms with E-state index in [1.54, 1.807) is 29.2 Å². The van der Waals surface area contributed by atoms with Crippen LogP contribution >= 0.6 is 11.6 Å². The first-order chi connectivity index (χ1) is 9.88. The van der Waals surface area contributed by atoms with Crippen LogP contribution in [0.3, 0.4) is 0 Å². The quantitative estimate of drug-likeness (QED) is 0.869. The molecule has 1 N–H and O–H groups in total. The zero-order chi connectivity index (χ0) is 15.6. The van der Waals surface area contributed by atoms with Gasteiger partial charge in [0.05, 0.1) is 5.92 Å². The van der Waals surface area contributed by atoms with Crippen molar-refractivity contribution in [2.24, 2.45) is 11.8 Å². The first kappa shape index (κ1) is 15.5. The van der Waals surface area contributed by atoms with Gasteiger partial charge in [-0.05, 0) is 35.9 Å². The first-order valence-electron chi connectivity index (χ1n) is 6.79. The predicted octanol–water partition coefficient (Wildman–Crippen LogP) is 2.40. The van der Waals surface area contributed by atoms with Crippen molar-refractivity contribution in [3.63, 3.8) is 0 Å². The lowest BCUT2D eigenvalue weighted by Gasteiger charge is -2.17. The third kappa shape index (κ3) is 3.61. The zero-order valence-electron chi connectivity index (χ0n) is 11.9. The molecule has 0 radical (unpaired) electrons. The molecule has 1 aromatic carbocycles. The Kier molecular flexibility index (Phi) is 4.63. The van der Waals surface area contributed by atoms with Crippen molar-refractivity contribution in [2.45, 2.75) is 20.3 Å². The maximum Gasteiger partial charge on any atom is 0.227 e. The molecule has 0 saturated carbocycles. The Morgan fingerprint density at radius 3 is 2.38 bits per heavy atom. The summed E-state index contributed by atoms with van der Waals surface area (Å²) in [4.78, 5) is 36.2. The Hall–Kier alpha value is -1.88. The van der Waals surface area contributed by atoms with E-state index in [4.69, 9.17) is 11.6 Å². The number of amides is 2. The summed E-state index contributed by atoms with van der Waals surface area (Å²) in [6.07, 6.45) is 0.147. The highest BCUT2D eigenvalue weighted by atomic mass is 35.5. The van der Waals surface area contributed by atoms with Crippen LogP contribution in [-0.2, 0) is 14.4 Å². The van der Waals surface area contributed by atoms with Crippen LogP contribution in [0.4, 0.5) is 11.4 Å². The Bertz CT molecular complexity index is 569. The van der Waals surface area contributed by atoms with Crippen molar-refractivity contribution < 1.29 is 14.4 Å². The van der Waals surface area contributed by atoms with Crippen LogP contribution in [0, 0.1) is 11.8 Å². The summed E-state index contributed by atoms with van der Waals surface area (Å²) in [5, 5.41) is 2.30. The molecule has 112 valence electrons. The van der Waals surface area contributed by atoms with Gasteiger partial charge in [-0.3, -0.25) is 14.4 Å². The minimum Gasteiger partial charge on any atom is -0.326 e. The predicted molar refractivity (Wildman–Crippen MR) is 81.2 cm³/mol. The van der Waals surface area contributed by atoms with Crippen molar-refractivity contribution in [2.75, 3.05) is 16.8 Å². The van der Waals surface area contributed by atoms with Gasteiger partial charge >= 0.3 is 0 Å². The number of hydrogen-bond donors (Lipinski definition) is 1. The molecule has 1 atom stereocenters. The smallest absolute Gasteiger partial charge is 0.227 e. The first-order valence-corrected chi connectivity index (χ1v) is 7.17. The van der Waals surface area contributed by atoms with E-state index >= 15 is 0 Å². The van der Waals surface area contributed by atoms with Gasteiger partial charge in [-0.25, -0.2) is 0 Å². The minimum absolute atomic E-state index is 0.0622. The van der Waals surface area contributed by atoms with Gasteiger partial charge in [0.15, 0.2) is 0 Å². The van der Waals surface area contributed by atoms with E-state index in [9.17, 15) is 14.4 Å². The minimum atomic E-state index is -0.480. The van der Waals surface area contributed by atoms with Crippen molar-refractivity contribution >= 4 is 40.0 Å². The van der Waals surface area contributed by atoms with E-state index in [1.807, 2.05) is 13.8 Å². The normalized spacial score (nSPS) is 18.2.